The molecule has 2 rings (SSSR count). The molecule has 1 aromatic heterocycles. The molecule has 1 aliphatic carbocycles. The van der Waals surface area contributed by atoms with Crippen molar-refractivity contribution in [2.24, 2.45) is 5.92 Å². The molecule has 19 heavy (non-hydrogen) atoms. The van der Waals surface area contributed by atoms with E-state index < -0.39 is 21.3 Å². The summed E-state index contributed by atoms with van der Waals surface area (Å²) in [5, 5.41) is 6.57. The van der Waals surface area contributed by atoms with Gasteiger partial charge in [0.25, 0.3) is 6.43 Å². The summed E-state index contributed by atoms with van der Waals surface area (Å²) < 4.78 is 48.7. The first kappa shape index (κ1) is 14.8. The fourth-order valence-corrected chi connectivity index (χ4v) is 5.24. The molecule has 108 valence electrons. The molecular weight excluding hydrogens is 294 g/mol. The molecule has 0 atom stereocenters. The molecule has 1 fully saturated rings. The van der Waals surface area contributed by atoms with Gasteiger partial charge in [0.15, 0.2) is 14.8 Å². The Morgan fingerprint density at radius 1 is 1.21 bits per heavy atom. The van der Waals surface area contributed by atoms with Crippen LogP contribution in [0.5, 0.6) is 0 Å². The van der Waals surface area contributed by atoms with Gasteiger partial charge in [-0.3, -0.25) is 0 Å². The molecule has 4 nitrogen and oxygen atoms in total. The number of sulfone groups is 1. The van der Waals surface area contributed by atoms with Gasteiger partial charge in [-0.05, 0) is 18.8 Å². The first-order chi connectivity index (χ1) is 8.96. The van der Waals surface area contributed by atoms with Crippen molar-refractivity contribution in [1.29, 1.82) is 0 Å². The van der Waals surface area contributed by atoms with Crippen LogP contribution in [0, 0.1) is 5.92 Å². The van der Waals surface area contributed by atoms with Crippen LogP contribution in [-0.2, 0) is 15.6 Å². The van der Waals surface area contributed by atoms with Gasteiger partial charge in [0.1, 0.15) is 10.8 Å². The van der Waals surface area contributed by atoms with Gasteiger partial charge in [-0.15, -0.1) is 10.2 Å². The molecule has 1 saturated carbocycles. The van der Waals surface area contributed by atoms with Crippen molar-refractivity contribution < 1.29 is 17.2 Å². The van der Waals surface area contributed by atoms with Crippen molar-refractivity contribution in [3.05, 3.63) is 10.0 Å². The Labute approximate surface area is 115 Å². The Morgan fingerprint density at radius 2 is 1.89 bits per heavy atom. The van der Waals surface area contributed by atoms with E-state index in [-0.39, 0.29) is 22.4 Å². The zero-order chi connectivity index (χ0) is 13.9. The summed E-state index contributed by atoms with van der Waals surface area (Å²) in [7, 11) is -3.28. The van der Waals surface area contributed by atoms with Crippen LogP contribution in [0.3, 0.4) is 0 Å². The van der Waals surface area contributed by atoms with Crippen LogP contribution in [0.4, 0.5) is 8.78 Å². The van der Waals surface area contributed by atoms with E-state index in [0.717, 1.165) is 25.7 Å². The van der Waals surface area contributed by atoms with Crippen LogP contribution in [0.2, 0.25) is 0 Å². The van der Waals surface area contributed by atoms with Crippen LogP contribution in [0.1, 0.15) is 48.5 Å². The Bertz CT molecular complexity index is 511. The highest BCUT2D eigenvalue weighted by molar-refractivity contribution is 7.90. The molecule has 0 amide bonds. The molecule has 0 aromatic carbocycles. The second-order valence-electron chi connectivity index (χ2n) is 4.89. The normalized spacial score (nSPS) is 18.1. The third-order valence-corrected chi connectivity index (χ3v) is 6.03. The zero-order valence-electron chi connectivity index (χ0n) is 10.4. The summed E-state index contributed by atoms with van der Waals surface area (Å²) in [6, 6.07) is 0. The van der Waals surface area contributed by atoms with Crippen LogP contribution in [0.25, 0.3) is 0 Å². The molecule has 0 spiro atoms. The molecule has 0 unspecified atom stereocenters. The van der Waals surface area contributed by atoms with E-state index in [1.54, 1.807) is 0 Å². The number of nitrogens with zero attached hydrogens (tertiary/aromatic N) is 2. The minimum atomic E-state index is -3.28. The molecule has 0 saturated heterocycles. The Hall–Kier alpha value is -0.630. The van der Waals surface area contributed by atoms with E-state index in [0.29, 0.717) is 11.3 Å². The molecule has 0 bridgehead atoms. The van der Waals surface area contributed by atoms with Crippen LogP contribution in [-0.4, -0.2) is 24.4 Å². The highest BCUT2D eigenvalue weighted by Gasteiger charge is 2.24. The summed E-state index contributed by atoms with van der Waals surface area (Å²) in [5.74, 6) is 0.0750. The molecule has 1 aliphatic rings. The maximum Gasteiger partial charge on any atom is 0.291 e. The van der Waals surface area contributed by atoms with Gasteiger partial charge in [0.05, 0.1) is 5.75 Å². The topological polar surface area (TPSA) is 59.9 Å². The maximum absolute atomic E-state index is 12.3. The quantitative estimate of drug-likeness (QED) is 0.839. The number of alkyl halides is 2. The van der Waals surface area contributed by atoms with E-state index in [1.807, 2.05) is 0 Å². The minimum absolute atomic E-state index is 0.136. The van der Waals surface area contributed by atoms with Gasteiger partial charge in [0.2, 0.25) is 0 Å². The van der Waals surface area contributed by atoms with Crippen LogP contribution < -0.4 is 0 Å². The number of rotatable bonds is 5. The van der Waals surface area contributed by atoms with E-state index in [2.05, 4.69) is 10.2 Å². The fourth-order valence-electron chi connectivity index (χ4n) is 2.37. The van der Waals surface area contributed by atoms with E-state index in [4.69, 9.17) is 0 Å². The predicted molar refractivity (Wildman–Crippen MR) is 68.9 cm³/mol. The molecular formula is C11H16F2N2O2S2. The van der Waals surface area contributed by atoms with Crippen LogP contribution >= 0.6 is 11.3 Å². The minimum Gasteiger partial charge on any atom is -0.228 e. The smallest absolute Gasteiger partial charge is 0.228 e. The largest absolute Gasteiger partial charge is 0.291 e. The Balaban J connectivity index is 1.95. The third-order valence-electron chi connectivity index (χ3n) is 3.23. The highest BCUT2D eigenvalue weighted by atomic mass is 32.2. The lowest BCUT2D eigenvalue weighted by Gasteiger charge is -2.20. The molecule has 8 heteroatoms. The molecule has 1 aromatic rings. The monoisotopic (exact) mass is 310 g/mol. The highest BCUT2D eigenvalue weighted by Crippen LogP contribution is 2.27. The van der Waals surface area contributed by atoms with Crippen LogP contribution in [0.15, 0.2) is 0 Å². The standard InChI is InChI=1S/C11H16F2N2O2S2/c12-10(13)11-15-14-9(18-11)7-19(16,17)6-8-4-2-1-3-5-8/h8,10H,1-7H2. The summed E-state index contributed by atoms with van der Waals surface area (Å²) in [6.45, 7) is 0. The molecule has 0 aliphatic heterocycles. The lowest BCUT2D eigenvalue weighted by molar-refractivity contribution is 0.150. The van der Waals surface area contributed by atoms with Crippen molar-refractivity contribution in [3.8, 4) is 0 Å². The van der Waals surface area contributed by atoms with Crippen molar-refractivity contribution in [3.63, 3.8) is 0 Å². The number of hydrogen-bond acceptors (Lipinski definition) is 5. The number of hydrogen-bond donors (Lipinski definition) is 0. The average molecular weight is 310 g/mol. The summed E-state index contributed by atoms with van der Waals surface area (Å²) >= 11 is 0.678. The van der Waals surface area contributed by atoms with Crippen molar-refractivity contribution >= 4 is 21.2 Å². The van der Waals surface area contributed by atoms with Gasteiger partial charge in [-0.1, -0.05) is 30.6 Å². The zero-order valence-corrected chi connectivity index (χ0v) is 12.0. The van der Waals surface area contributed by atoms with Gasteiger partial charge < -0.3 is 0 Å². The van der Waals surface area contributed by atoms with Crippen molar-refractivity contribution in [2.45, 2.75) is 44.3 Å². The second kappa shape index (κ2) is 6.21. The van der Waals surface area contributed by atoms with Gasteiger partial charge in [-0.2, -0.15) is 0 Å². The third kappa shape index (κ3) is 4.45. The van der Waals surface area contributed by atoms with E-state index >= 15 is 0 Å². The molecule has 0 radical (unpaired) electrons. The predicted octanol–water partition coefficient (Wildman–Crippen LogP) is 2.97. The summed E-state index contributed by atoms with van der Waals surface area (Å²) in [6.07, 6.45) is 2.52. The SMILES string of the molecule is O=S(=O)(Cc1nnc(C(F)F)s1)CC1CCCCC1. The number of aromatic nitrogens is 2. The first-order valence-corrected chi connectivity index (χ1v) is 8.91. The second-order valence-corrected chi connectivity index (χ2v) is 8.10. The molecule has 1 heterocycles. The summed E-state index contributed by atoms with van der Waals surface area (Å²) in [5.41, 5.74) is 0. The van der Waals surface area contributed by atoms with E-state index in [1.165, 1.54) is 6.42 Å². The Morgan fingerprint density at radius 3 is 2.47 bits per heavy atom. The lowest BCUT2D eigenvalue weighted by atomic mass is 9.91. The average Bonchev–Trinajstić information content (AvgIpc) is 2.77. The summed E-state index contributed by atoms with van der Waals surface area (Å²) in [4.78, 5) is 0. The van der Waals surface area contributed by atoms with Crippen molar-refractivity contribution in [2.75, 3.05) is 5.75 Å². The maximum atomic E-state index is 12.3. The molecule has 0 N–H and O–H groups in total. The lowest BCUT2D eigenvalue weighted by Crippen LogP contribution is -2.20. The first-order valence-electron chi connectivity index (χ1n) is 6.27. The van der Waals surface area contributed by atoms with Gasteiger partial charge in [-0.25, -0.2) is 17.2 Å². The van der Waals surface area contributed by atoms with Gasteiger partial charge >= 0.3 is 0 Å². The fraction of sp³-hybridized carbons (Fsp3) is 0.818. The number of halogens is 2. The Kier molecular flexibility index (Phi) is 4.83. The van der Waals surface area contributed by atoms with Crippen molar-refractivity contribution in [1.82, 2.24) is 10.2 Å². The van der Waals surface area contributed by atoms with Gasteiger partial charge in [0, 0.05) is 0 Å². The van der Waals surface area contributed by atoms with E-state index in [9.17, 15) is 17.2 Å².